The molecule has 0 aliphatic rings. The van der Waals surface area contributed by atoms with Crippen LogP contribution in [0.5, 0.6) is 5.75 Å². The second-order valence-corrected chi connectivity index (χ2v) is 7.22. The van der Waals surface area contributed by atoms with Crippen molar-refractivity contribution in [1.82, 2.24) is 19.3 Å². The van der Waals surface area contributed by atoms with Gasteiger partial charge < -0.3 is 14.6 Å². The second-order valence-electron chi connectivity index (χ2n) is 7.22. The van der Waals surface area contributed by atoms with Crippen molar-refractivity contribution in [1.29, 1.82) is 5.41 Å². The molecule has 0 saturated carbocycles. The van der Waals surface area contributed by atoms with Crippen LogP contribution in [0.3, 0.4) is 0 Å². The van der Waals surface area contributed by atoms with Crippen molar-refractivity contribution in [2.75, 3.05) is 7.11 Å². The van der Waals surface area contributed by atoms with E-state index < -0.39 is 5.91 Å². The number of rotatable bonds is 5. The summed E-state index contributed by atoms with van der Waals surface area (Å²) in [6.07, 6.45) is 1.66. The average Bonchev–Trinajstić information content (AvgIpc) is 2.78. The summed E-state index contributed by atoms with van der Waals surface area (Å²) in [6, 6.07) is 12.5. The highest BCUT2D eigenvalue weighted by Gasteiger charge is 2.17. The minimum atomic E-state index is -0.418. The fourth-order valence-corrected chi connectivity index (χ4v) is 3.60. The van der Waals surface area contributed by atoms with Crippen LogP contribution in [0.1, 0.15) is 28.4 Å². The van der Waals surface area contributed by atoms with Crippen LogP contribution in [0.4, 0.5) is 0 Å². The molecular weight excluding hydrogens is 394 g/mol. The molecule has 31 heavy (non-hydrogen) atoms. The van der Waals surface area contributed by atoms with E-state index in [-0.39, 0.29) is 16.6 Å². The molecule has 0 aliphatic heterocycles. The molecule has 0 spiro atoms. The zero-order valence-electron chi connectivity index (χ0n) is 17.6. The first-order valence-electron chi connectivity index (χ1n) is 9.95. The van der Waals surface area contributed by atoms with Gasteiger partial charge in [0.25, 0.3) is 11.5 Å². The third kappa shape index (κ3) is 3.56. The molecule has 1 aromatic carbocycles. The summed E-state index contributed by atoms with van der Waals surface area (Å²) >= 11 is 0. The van der Waals surface area contributed by atoms with Crippen molar-refractivity contribution in [2.45, 2.75) is 26.9 Å². The van der Waals surface area contributed by atoms with Gasteiger partial charge in [0.05, 0.1) is 18.1 Å². The Morgan fingerprint density at radius 1 is 1.19 bits per heavy atom. The molecule has 0 aliphatic carbocycles. The van der Waals surface area contributed by atoms with Gasteiger partial charge in [-0.15, -0.1) is 0 Å². The van der Waals surface area contributed by atoms with Gasteiger partial charge in [-0.1, -0.05) is 18.2 Å². The van der Waals surface area contributed by atoms with E-state index in [1.54, 1.807) is 23.9 Å². The molecule has 8 nitrogen and oxygen atoms in total. The predicted octanol–water partition coefficient (Wildman–Crippen LogP) is 2.40. The maximum atomic E-state index is 13.1. The Morgan fingerprint density at radius 2 is 1.94 bits per heavy atom. The van der Waals surface area contributed by atoms with Crippen molar-refractivity contribution in [3.8, 4) is 5.75 Å². The van der Waals surface area contributed by atoms with Gasteiger partial charge in [0.15, 0.2) is 0 Å². The van der Waals surface area contributed by atoms with E-state index in [1.165, 1.54) is 10.5 Å². The summed E-state index contributed by atoms with van der Waals surface area (Å²) < 4.78 is 8.20. The molecule has 3 heterocycles. The number of nitrogens with one attached hydrogen (secondary N) is 2. The minimum Gasteiger partial charge on any atom is -0.497 e. The minimum absolute atomic E-state index is 0.0204. The van der Waals surface area contributed by atoms with E-state index in [2.05, 4.69) is 10.3 Å². The Hall–Kier alpha value is -3.94. The van der Waals surface area contributed by atoms with Gasteiger partial charge >= 0.3 is 0 Å². The van der Waals surface area contributed by atoms with Gasteiger partial charge in [0.1, 0.15) is 22.5 Å². The SMILES string of the molecule is CCn1c(=N)c(C(=O)NCc2ccc(OC)cc2)cc2c(=O)n3cccc(C)c3nc21. The van der Waals surface area contributed by atoms with E-state index >= 15 is 0 Å². The Morgan fingerprint density at radius 3 is 2.61 bits per heavy atom. The van der Waals surface area contributed by atoms with Crippen molar-refractivity contribution >= 4 is 22.6 Å². The summed E-state index contributed by atoms with van der Waals surface area (Å²) in [5, 5.41) is 11.7. The summed E-state index contributed by atoms with van der Waals surface area (Å²) in [5.41, 5.74) is 2.58. The van der Waals surface area contributed by atoms with Crippen LogP contribution in [-0.2, 0) is 13.1 Å². The number of aryl methyl sites for hydroxylation is 2. The molecule has 0 atom stereocenters. The molecule has 0 fully saturated rings. The number of pyridine rings is 2. The van der Waals surface area contributed by atoms with Gasteiger partial charge in [0.2, 0.25) is 0 Å². The van der Waals surface area contributed by atoms with Gasteiger partial charge in [0, 0.05) is 19.3 Å². The average molecular weight is 417 g/mol. The van der Waals surface area contributed by atoms with Gasteiger partial charge in [-0.05, 0) is 49.2 Å². The molecule has 0 unspecified atom stereocenters. The molecule has 0 bridgehead atoms. The topological polar surface area (TPSA) is 101 Å². The Labute approximate surface area is 178 Å². The summed E-state index contributed by atoms with van der Waals surface area (Å²) in [7, 11) is 1.59. The van der Waals surface area contributed by atoms with Gasteiger partial charge in [-0.25, -0.2) is 4.98 Å². The Balaban J connectivity index is 1.78. The van der Waals surface area contributed by atoms with Crippen LogP contribution < -0.4 is 21.1 Å². The number of ether oxygens (including phenoxy) is 1. The standard InChI is InChI=1S/C23H23N5O3/c1-4-27-19(24)17(22(29)25-13-15-7-9-16(31-3)10-8-15)12-18-21(27)26-20-14(2)6-5-11-28(20)23(18)30/h5-12,24H,4,13H2,1-3H3,(H,25,29). The molecule has 4 aromatic rings. The zero-order chi connectivity index (χ0) is 22.1. The van der Waals surface area contributed by atoms with Crippen LogP contribution in [0.2, 0.25) is 0 Å². The fourth-order valence-electron chi connectivity index (χ4n) is 3.60. The third-order valence-electron chi connectivity index (χ3n) is 5.31. The number of hydrogen-bond donors (Lipinski definition) is 2. The number of benzene rings is 1. The van der Waals surface area contributed by atoms with Crippen molar-refractivity contribution in [3.63, 3.8) is 0 Å². The van der Waals surface area contributed by atoms with Crippen molar-refractivity contribution in [2.24, 2.45) is 0 Å². The first-order valence-corrected chi connectivity index (χ1v) is 9.95. The monoisotopic (exact) mass is 417 g/mol. The second kappa shape index (κ2) is 8.06. The number of hydrogen-bond acceptors (Lipinski definition) is 5. The smallest absolute Gasteiger partial charge is 0.267 e. The summed E-state index contributed by atoms with van der Waals surface area (Å²) in [5.74, 6) is 0.316. The number of fused-ring (bicyclic) bond motifs is 2. The van der Waals surface area contributed by atoms with Gasteiger partial charge in [-0.2, -0.15) is 0 Å². The highest BCUT2D eigenvalue weighted by molar-refractivity contribution is 5.96. The number of methoxy groups -OCH3 is 1. The molecule has 1 amide bonds. The number of carbonyl (C=O) groups is 1. The number of aromatic nitrogens is 3. The summed E-state index contributed by atoms with van der Waals surface area (Å²) in [6.45, 7) is 4.44. The van der Waals surface area contributed by atoms with Crippen LogP contribution in [0, 0.1) is 12.3 Å². The molecule has 2 N–H and O–H groups in total. The van der Waals surface area contributed by atoms with E-state index in [0.29, 0.717) is 29.8 Å². The Bertz CT molecular complexity index is 1420. The van der Waals surface area contributed by atoms with E-state index in [0.717, 1.165) is 16.9 Å². The number of nitrogens with zero attached hydrogens (tertiary/aromatic N) is 3. The number of carbonyl (C=O) groups excluding carboxylic acids is 1. The lowest BCUT2D eigenvalue weighted by molar-refractivity contribution is 0.0948. The highest BCUT2D eigenvalue weighted by atomic mass is 16.5. The Kier molecular flexibility index (Phi) is 5.29. The van der Waals surface area contributed by atoms with Crippen LogP contribution in [0.15, 0.2) is 53.5 Å². The van der Waals surface area contributed by atoms with Crippen molar-refractivity contribution in [3.05, 3.63) is 81.2 Å². The van der Waals surface area contributed by atoms with E-state index in [9.17, 15) is 9.59 Å². The van der Waals surface area contributed by atoms with E-state index in [1.807, 2.05) is 44.2 Å². The molecule has 8 heteroatoms. The number of amides is 1. The first-order chi connectivity index (χ1) is 14.9. The zero-order valence-corrected chi connectivity index (χ0v) is 17.6. The lowest BCUT2D eigenvalue weighted by Crippen LogP contribution is -2.34. The summed E-state index contributed by atoms with van der Waals surface area (Å²) in [4.78, 5) is 30.7. The molecule has 4 rings (SSSR count). The molecule has 158 valence electrons. The maximum Gasteiger partial charge on any atom is 0.267 e. The lowest BCUT2D eigenvalue weighted by Gasteiger charge is -2.14. The molecular formula is C23H23N5O3. The van der Waals surface area contributed by atoms with E-state index in [4.69, 9.17) is 10.1 Å². The highest BCUT2D eigenvalue weighted by Crippen LogP contribution is 2.14. The molecule has 0 radical (unpaired) electrons. The quantitative estimate of drug-likeness (QED) is 0.487. The normalized spacial score (nSPS) is 11.1. The van der Waals surface area contributed by atoms with Crippen LogP contribution in [-0.4, -0.2) is 27.0 Å². The van der Waals surface area contributed by atoms with Crippen LogP contribution >= 0.6 is 0 Å². The maximum absolute atomic E-state index is 13.1. The van der Waals surface area contributed by atoms with Crippen LogP contribution in [0.25, 0.3) is 16.7 Å². The van der Waals surface area contributed by atoms with Gasteiger partial charge in [-0.3, -0.25) is 19.4 Å². The predicted molar refractivity (Wildman–Crippen MR) is 117 cm³/mol. The largest absolute Gasteiger partial charge is 0.497 e. The molecule has 3 aromatic heterocycles. The molecule has 0 saturated heterocycles. The fraction of sp³-hybridized carbons (Fsp3) is 0.217. The first kappa shape index (κ1) is 20.3. The van der Waals surface area contributed by atoms with Crippen molar-refractivity contribution < 1.29 is 9.53 Å². The lowest BCUT2D eigenvalue weighted by atomic mass is 10.1. The third-order valence-corrected chi connectivity index (χ3v) is 5.31.